The number of nitrogens with one attached hydrogen (secondary N) is 1. The first-order valence-electron chi connectivity index (χ1n) is 6.45. The molecule has 0 bridgehead atoms. The molecule has 0 atom stereocenters. The molecule has 0 fully saturated rings. The van der Waals surface area contributed by atoms with Gasteiger partial charge in [0.05, 0.1) is 26.0 Å². The van der Waals surface area contributed by atoms with Crippen molar-refractivity contribution in [1.29, 1.82) is 0 Å². The highest BCUT2D eigenvalue weighted by molar-refractivity contribution is 5.95. The van der Waals surface area contributed by atoms with Crippen LogP contribution in [0, 0.1) is 5.82 Å². The lowest BCUT2D eigenvalue weighted by atomic mass is 10.2. The molecule has 1 amide bonds. The van der Waals surface area contributed by atoms with Gasteiger partial charge in [-0.2, -0.15) is 5.10 Å². The maximum Gasteiger partial charge on any atom is 0.274 e. The van der Waals surface area contributed by atoms with Gasteiger partial charge in [-0.15, -0.1) is 0 Å². The van der Waals surface area contributed by atoms with Crippen molar-refractivity contribution < 1.29 is 18.7 Å². The molecule has 2 aromatic carbocycles. The van der Waals surface area contributed by atoms with Crippen LogP contribution in [-0.4, -0.2) is 26.3 Å². The predicted octanol–water partition coefficient (Wildman–Crippen LogP) is 2.61. The first-order valence-corrected chi connectivity index (χ1v) is 6.45. The van der Waals surface area contributed by atoms with E-state index in [9.17, 15) is 9.18 Å². The van der Waals surface area contributed by atoms with Crippen molar-refractivity contribution in [1.82, 2.24) is 5.43 Å². The molecular weight excluding hydrogens is 287 g/mol. The third-order valence-corrected chi connectivity index (χ3v) is 2.93. The van der Waals surface area contributed by atoms with Crippen LogP contribution in [0.4, 0.5) is 4.39 Å². The Hall–Kier alpha value is -2.89. The second-order valence-electron chi connectivity index (χ2n) is 4.29. The number of amides is 1. The van der Waals surface area contributed by atoms with Crippen LogP contribution in [0.1, 0.15) is 15.9 Å². The molecule has 0 radical (unpaired) electrons. The van der Waals surface area contributed by atoms with Crippen molar-refractivity contribution in [2.24, 2.45) is 5.10 Å². The van der Waals surface area contributed by atoms with Crippen molar-refractivity contribution >= 4 is 12.1 Å². The van der Waals surface area contributed by atoms with Gasteiger partial charge in [-0.25, -0.2) is 9.82 Å². The molecule has 0 unspecified atom stereocenters. The van der Waals surface area contributed by atoms with E-state index >= 15 is 0 Å². The number of ether oxygens (including phenoxy) is 2. The van der Waals surface area contributed by atoms with E-state index in [1.165, 1.54) is 31.5 Å². The molecule has 0 saturated carbocycles. The minimum Gasteiger partial charge on any atom is -0.497 e. The second-order valence-corrected chi connectivity index (χ2v) is 4.29. The summed E-state index contributed by atoms with van der Waals surface area (Å²) >= 11 is 0. The minimum absolute atomic E-state index is 0.0682. The molecule has 0 spiro atoms. The van der Waals surface area contributed by atoms with Gasteiger partial charge in [0.2, 0.25) is 0 Å². The number of carbonyl (C=O) groups excluding carboxylic acids is 1. The third-order valence-electron chi connectivity index (χ3n) is 2.93. The lowest BCUT2D eigenvalue weighted by molar-refractivity contribution is 0.0951. The zero-order valence-electron chi connectivity index (χ0n) is 12.2. The molecule has 0 aliphatic heterocycles. The molecule has 2 rings (SSSR count). The summed E-state index contributed by atoms with van der Waals surface area (Å²) in [5.41, 5.74) is 2.85. The summed E-state index contributed by atoms with van der Waals surface area (Å²) in [6, 6.07) is 10.9. The van der Waals surface area contributed by atoms with Crippen LogP contribution in [0.25, 0.3) is 0 Å². The van der Waals surface area contributed by atoms with Gasteiger partial charge in [0, 0.05) is 11.6 Å². The Labute approximate surface area is 127 Å². The number of hydrogen-bond donors (Lipinski definition) is 1. The van der Waals surface area contributed by atoms with E-state index in [0.29, 0.717) is 17.1 Å². The van der Waals surface area contributed by atoms with E-state index in [1.54, 1.807) is 31.4 Å². The summed E-state index contributed by atoms with van der Waals surface area (Å²) in [4.78, 5) is 11.8. The van der Waals surface area contributed by atoms with E-state index < -0.39 is 11.7 Å². The van der Waals surface area contributed by atoms with Gasteiger partial charge in [0.15, 0.2) is 0 Å². The first-order chi connectivity index (χ1) is 10.7. The van der Waals surface area contributed by atoms with E-state index in [0.717, 1.165) is 0 Å². The number of hydrogen-bond acceptors (Lipinski definition) is 4. The van der Waals surface area contributed by atoms with Crippen molar-refractivity contribution in [3.63, 3.8) is 0 Å². The molecule has 0 saturated heterocycles. The van der Waals surface area contributed by atoms with Gasteiger partial charge in [-0.05, 0) is 24.3 Å². The summed E-state index contributed by atoms with van der Waals surface area (Å²) in [5.74, 6) is -0.0355. The van der Waals surface area contributed by atoms with Gasteiger partial charge in [-0.1, -0.05) is 12.1 Å². The van der Waals surface area contributed by atoms with Crippen LogP contribution in [0.2, 0.25) is 0 Å². The Morgan fingerprint density at radius 1 is 1.18 bits per heavy atom. The van der Waals surface area contributed by atoms with Gasteiger partial charge < -0.3 is 9.47 Å². The number of rotatable bonds is 5. The van der Waals surface area contributed by atoms with Crippen molar-refractivity contribution in [2.45, 2.75) is 0 Å². The molecule has 114 valence electrons. The average Bonchev–Trinajstić information content (AvgIpc) is 2.55. The Morgan fingerprint density at radius 2 is 1.95 bits per heavy atom. The summed E-state index contributed by atoms with van der Waals surface area (Å²) in [6.07, 6.45) is 1.41. The quantitative estimate of drug-likeness (QED) is 0.682. The molecular formula is C16H15FN2O3. The zero-order chi connectivity index (χ0) is 15.9. The molecule has 2 aromatic rings. The van der Waals surface area contributed by atoms with Crippen molar-refractivity contribution in [3.8, 4) is 11.5 Å². The van der Waals surface area contributed by atoms with Gasteiger partial charge in [0.25, 0.3) is 5.91 Å². The Balaban J connectivity index is 2.10. The summed E-state index contributed by atoms with van der Waals surface area (Å²) < 4.78 is 23.7. The number of methoxy groups -OCH3 is 2. The molecule has 22 heavy (non-hydrogen) atoms. The second kappa shape index (κ2) is 7.21. The topological polar surface area (TPSA) is 59.9 Å². The fourth-order valence-corrected chi connectivity index (χ4v) is 1.79. The summed E-state index contributed by atoms with van der Waals surface area (Å²) in [7, 11) is 3.07. The molecule has 0 aliphatic carbocycles. The monoisotopic (exact) mass is 302 g/mol. The highest BCUT2D eigenvalue weighted by Crippen LogP contribution is 2.22. The molecule has 0 heterocycles. The minimum atomic E-state index is -0.623. The normalized spacial score (nSPS) is 10.5. The summed E-state index contributed by atoms with van der Waals surface area (Å²) in [6.45, 7) is 0. The van der Waals surface area contributed by atoms with Crippen LogP contribution in [-0.2, 0) is 0 Å². The zero-order valence-corrected chi connectivity index (χ0v) is 12.2. The SMILES string of the molecule is COc1ccc(/C=N/NC(=O)c2ccccc2F)c(OC)c1. The van der Waals surface area contributed by atoms with E-state index in [2.05, 4.69) is 10.5 Å². The molecule has 0 aliphatic rings. The number of carbonyl (C=O) groups is 1. The van der Waals surface area contributed by atoms with Gasteiger partial charge >= 0.3 is 0 Å². The lowest BCUT2D eigenvalue weighted by Crippen LogP contribution is -2.19. The molecule has 1 N–H and O–H groups in total. The number of hydrazone groups is 1. The smallest absolute Gasteiger partial charge is 0.274 e. The lowest BCUT2D eigenvalue weighted by Gasteiger charge is -2.07. The Bertz CT molecular complexity index is 702. The van der Waals surface area contributed by atoms with Crippen LogP contribution in [0.15, 0.2) is 47.6 Å². The highest BCUT2D eigenvalue weighted by atomic mass is 19.1. The average molecular weight is 302 g/mol. The molecule has 0 aromatic heterocycles. The van der Waals surface area contributed by atoms with E-state index in [-0.39, 0.29) is 5.56 Å². The van der Waals surface area contributed by atoms with Crippen molar-refractivity contribution in [3.05, 3.63) is 59.4 Å². The Morgan fingerprint density at radius 3 is 2.64 bits per heavy atom. The number of halogens is 1. The van der Waals surface area contributed by atoms with Crippen LogP contribution < -0.4 is 14.9 Å². The highest BCUT2D eigenvalue weighted by Gasteiger charge is 2.09. The maximum atomic E-state index is 13.4. The fourth-order valence-electron chi connectivity index (χ4n) is 1.79. The fraction of sp³-hybridized carbons (Fsp3) is 0.125. The van der Waals surface area contributed by atoms with Gasteiger partial charge in [0.1, 0.15) is 17.3 Å². The standard InChI is InChI=1S/C16H15FN2O3/c1-21-12-8-7-11(15(9-12)22-2)10-18-19-16(20)13-5-3-4-6-14(13)17/h3-10H,1-2H3,(H,19,20)/b18-10+. The Kier molecular flexibility index (Phi) is 5.08. The van der Waals surface area contributed by atoms with Crippen LogP contribution in [0.3, 0.4) is 0 Å². The number of nitrogens with zero attached hydrogens (tertiary/aromatic N) is 1. The maximum absolute atomic E-state index is 13.4. The molecule has 5 nitrogen and oxygen atoms in total. The predicted molar refractivity (Wildman–Crippen MR) is 81.0 cm³/mol. The molecule has 6 heteroatoms. The summed E-state index contributed by atoms with van der Waals surface area (Å²) in [5, 5.41) is 3.81. The largest absolute Gasteiger partial charge is 0.497 e. The first kappa shape index (κ1) is 15.5. The van der Waals surface area contributed by atoms with Crippen molar-refractivity contribution in [2.75, 3.05) is 14.2 Å². The third kappa shape index (κ3) is 3.60. The van der Waals surface area contributed by atoms with Crippen LogP contribution >= 0.6 is 0 Å². The van der Waals surface area contributed by atoms with E-state index in [4.69, 9.17) is 9.47 Å². The van der Waals surface area contributed by atoms with Gasteiger partial charge in [-0.3, -0.25) is 4.79 Å². The van der Waals surface area contributed by atoms with E-state index in [1.807, 2.05) is 0 Å². The van der Waals surface area contributed by atoms with Crippen LogP contribution in [0.5, 0.6) is 11.5 Å². The number of benzene rings is 2.